The highest BCUT2D eigenvalue weighted by molar-refractivity contribution is 5.79. The predicted octanol–water partition coefficient (Wildman–Crippen LogP) is 2.48. The van der Waals surface area contributed by atoms with Gasteiger partial charge in [-0.15, -0.1) is 0 Å². The number of hydrogen-bond acceptors (Lipinski definition) is 3. The molecule has 0 aromatic heterocycles. The molecule has 2 rings (SSSR count). The van der Waals surface area contributed by atoms with Gasteiger partial charge in [-0.2, -0.15) is 0 Å². The van der Waals surface area contributed by atoms with E-state index in [0.717, 1.165) is 38.9 Å². The summed E-state index contributed by atoms with van der Waals surface area (Å²) in [5.74, 6) is -0.669. The Morgan fingerprint density at radius 1 is 1.30 bits per heavy atom. The number of nitrogens with one attached hydrogen (secondary N) is 1. The monoisotopic (exact) mass is 282 g/mol. The minimum atomic E-state index is -0.679. The Morgan fingerprint density at radius 3 is 2.70 bits per heavy atom. The van der Waals surface area contributed by atoms with E-state index in [9.17, 15) is 9.90 Å². The fourth-order valence-electron chi connectivity index (χ4n) is 3.91. The number of carboxylic acid groups (broad SMARTS) is 1. The summed E-state index contributed by atoms with van der Waals surface area (Å²) in [5.41, 5.74) is -0.236. The first-order valence-electron chi connectivity index (χ1n) is 8.11. The molecule has 116 valence electrons. The second-order valence-electron chi connectivity index (χ2n) is 7.37. The van der Waals surface area contributed by atoms with E-state index in [1.165, 1.54) is 19.3 Å². The molecule has 0 aromatic rings. The Morgan fingerprint density at radius 2 is 2.05 bits per heavy atom. The van der Waals surface area contributed by atoms with Crippen LogP contribution in [0, 0.1) is 5.41 Å². The SMILES string of the molecule is CCNC1(C(=O)O)CCC(N2CCCC(C)(C)CC2)C1. The van der Waals surface area contributed by atoms with E-state index in [1.54, 1.807) is 0 Å². The van der Waals surface area contributed by atoms with Crippen molar-refractivity contribution in [2.45, 2.75) is 70.9 Å². The van der Waals surface area contributed by atoms with Crippen molar-refractivity contribution in [2.24, 2.45) is 5.41 Å². The molecular formula is C16H30N2O2. The second-order valence-corrected chi connectivity index (χ2v) is 7.37. The molecule has 4 nitrogen and oxygen atoms in total. The second kappa shape index (κ2) is 6.02. The van der Waals surface area contributed by atoms with E-state index in [4.69, 9.17) is 0 Å². The minimum Gasteiger partial charge on any atom is -0.480 e. The predicted molar refractivity (Wildman–Crippen MR) is 80.9 cm³/mol. The molecule has 0 aromatic carbocycles. The maximum absolute atomic E-state index is 11.6. The summed E-state index contributed by atoms with van der Waals surface area (Å²) in [6, 6.07) is 0.444. The van der Waals surface area contributed by atoms with Crippen LogP contribution in [0.15, 0.2) is 0 Å². The molecule has 1 saturated heterocycles. The minimum absolute atomic E-state index is 0.443. The van der Waals surface area contributed by atoms with Crippen LogP contribution < -0.4 is 5.32 Å². The third kappa shape index (κ3) is 3.34. The van der Waals surface area contributed by atoms with Crippen molar-refractivity contribution in [1.82, 2.24) is 10.2 Å². The van der Waals surface area contributed by atoms with Crippen LogP contribution in [0.5, 0.6) is 0 Å². The Labute approximate surface area is 122 Å². The van der Waals surface area contributed by atoms with Crippen molar-refractivity contribution < 1.29 is 9.90 Å². The highest BCUT2D eigenvalue weighted by atomic mass is 16.4. The Hall–Kier alpha value is -0.610. The van der Waals surface area contributed by atoms with Gasteiger partial charge in [0.05, 0.1) is 0 Å². The van der Waals surface area contributed by atoms with E-state index in [-0.39, 0.29) is 0 Å². The number of aliphatic carboxylic acids is 1. The zero-order chi connectivity index (χ0) is 14.8. The van der Waals surface area contributed by atoms with Crippen LogP contribution in [0.1, 0.15) is 59.3 Å². The van der Waals surface area contributed by atoms with E-state index in [2.05, 4.69) is 24.1 Å². The third-order valence-electron chi connectivity index (χ3n) is 5.30. The first-order chi connectivity index (χ1) is 9.38. The van der Waals surface area contributed by atoms with Gasteiger partial charge in [0.2, 0.25) is 0 Å². The smallest absolute Gasteiger partial charge is 0.323 e. The van der Waals surface area contributed by atoms with Gasteiger partial charge in [-0.3, -0.25) is 4.79 Å². The van der Waals surface area contributed by atoms with Crippen molar-refractivity contribution in [1.29, 1.82) is 0 Å². The summed E-state index contributed by atoms with van der Waals surface area (Å²) in [6.07, 6.45) is 6.29. The first-order valence-corrected chi connectivity index (χ1v) is 8.11. The van der Waals surface area contributed by atoms with Crippen molar-refractivity contribution >= 4 is 5.97 Å². The molecule has 20 heavy (non-hydrogen) atoms. The number of nitrogens with zero attached hydrogens (tertiary/aromatic N) is 1. The summed E-state index contributed by atoms with van der Waals surface area (Å²) in [5, 5.41) is 12.8. The first kappa shape index (κ1) is 15.8. The molecule has 1 aliphatic heterocycles. The fraction of sp³-hybridized carbons (Fsp3) is 0.938. The Balaban J connectivity index is 1.99. The molecule has 1 aliphatic carbocycles. The molecule has 2 atom stereocenters. The van der Waals surface area contributed by atoms with Gasteiger partial charge in [0, 0.05) is 6.04 Å². The van der Waals surface area contributed by atoms with Crippen LogP contribution in [-0.4, -0.2) is 47.2 Å². The van der Waals surface area contributed by atoms with Crippen LogP contribution in [0.25, 0.3) is 0 Å². The quantitative estimate of drug-likeness (QED) is 0.832. The van der Waals surface area contributed by atoms with Crippen molar-refractivity contribution in [2.75, 3.05) is 19.6 Å². The third-order valence-corrected chi connectivity index (χ3v) is 5.30. The molecule has 0 amide bonds. The Bertz CT molecular complexity index is 356. The van der Waals surface area contributed by atoms with Crippen LogP contribution >= 0.6 is 0 Å². The standard InChI is InChI=1S/C16H30N2O2/c1-4-17-16(14(19)20)8-6-13(12-16)18-10-5-7-15(2,3)9-11-18/h13,17H,4-12H2,1-3H3,(H,19,20). The van der Waals surface area contributed by atoms with Crippen LogP contribution in [0.2, 0.25) is 0 Å². The van der Waals surface area contributed by atoms with E-state index in [0.29, 0.717) is 11.5 Å². The van der Waals surface area contributed by atoms with Gasteiger partial charge in [-0.25, -0.2) is 0 Å². The Kier molecular flexibility index (Phi) is 4.75. The topological polar surface area (TPSA) is 52.6 Å². The van der Waals surface area contributed by atoms with Crippen molar-refractivity contribution in [3.63, 3.8) is 0 Å². The van der Waals surface area contributed by atoms with Gasteiger partial charge in [0.15, 0.2) is 0 Å². The number of rotatable bonds is 4. The van der Waals surface area contributed by atoms with Gasteiger partial charge in [-0.1, -0.05) is 20.8 Å². The highest BCUT2D eigenvalue weighted by Crippen LogP contribution is 2.37. The van der Waals surface area contributed by atoms with Gasteiger partial charge < -0.3 is 15.3 Å². The summed E-state index contributed by atoms with van der Waals surface area (Å²) in [4.78, 5) is 14.2. The van der Waals surface area contributed by atoms with E-state index in [1.807, 2.05) is 6.92 Å². The molecule has 2 fully saturated rings. The number of hydrogen-bond donors (Lipinski definition) is 2. The van der Waals surface area contributed by atoms with Gasteiger partial charge in [-0.05, 0) is 63.6 Å². The summed E-state index contributed by atoms with van der Waals surface area (Å²) in [7, 11) is 0. The lowest BCUT2D eigenvalue weighted by Crippen LogP contribution is -2.51. The molecule has 2 aliphatic rings. The van der Waals surface area contributed by atoms with Crippen LogP contribution in [0.3, 0.4) is 0 Å². The number of likely N-dealkylation sites (tertiary alicyclic amines) is 1. The summed E-state index contributed by atoms with van der Waals surface area (Å²) in [6.45, 7) is 9.69. The molecule has 1 heterocycles. The summed E-state index contributed by atoms with van der Waals surface area (Å²) >= 11 is 0. The van der Waals surface area contributed by atoms with Gasteiger partial charge >= 0.3 is 5.97 Å². The lowest BCUT2D eigenvalue weighted by molar-refractivity contribution is -0.144. The maximum Gasteiger partial charge on any atom is 0.323 e. The molecule has 2 N–H and O–H groups in total. The van der Waals surface area contributed by atoms with E-state index < -0.39 is 11.5 Å². The normalized spacial score (nSPS) is 34.9. The van der Waals surface area contributed by atoms with Gasteiger partial charge in [0.25, 0.3) is 0 Å². The maximum atomic E-state index is 11.6. The average Bonchev–Trinajstić information content (AvgIpc) is 2.71. The molecule has 0 radical (unpaired) electrons. The molecule has 0 bridgehead atoms. The molecule has 0 spiro atoms. The molecule has 1 saturated carbocycles. The number of likely N-dealkylation sites (N-methyl/N-ethyl adjacent to an activating group) is 1. The zero-order valence-electron chi connectivity index (χ0n) is 13.2. The molecular weight excluding hydrogens is 252 g/mol. The van der Waals surface area contributed by atoms with Crippen molar-refractivity contribution in [3.05, 3.63) is 0 Å². The van der Waals surface area contributed by atoms with E-state index >= 15 is 0 Å². The van der Waals surface area contributed by atoms with Crippen LogP contribution in [-0.2, 0) is 4.79 Å². The number of carbonyl (C=O) groups is 1. The van der Waals surface area contributed by atoms with Crippen LogP contribution in [0.4, 0.5) is 0 Å². The number of carboxylic acids is 1. The summed E-state index contributed by atoms with van der Waals surface area (Å²) < 4.78 is 0. The average molecular weight is 282 g/mol. The largest absolute Gasteiger partial charge is 0.480 e. The lowest BCUT2D eigenvalue weighted by Gasteiger charge is -2.30. The fourth-order valence-corrected chi connectivity index (χ4v) is 3.91. The van der Waals surface area contributed by atoms with Gasteiger partial charge in [0.1, 0.15) is 5.54 Å². The molecule has 2 unspecified atom stereocenters. The zero-order valence-corrected chi connectivity index (χ0v) is 13.2. The highest BCUT2D eigenvalue weighted by Gasteiger charge is 2.46. The molecule has 4 heteroatoms. The van der Waals surface area contributed by atoms with Crippen molar-refractivity contribution in [3.8, 4) is 0 Å². The lowest BCUT2D eigenvalue weighted by atomic mass is 9.85.